The zero-order valence-corrected chi connectivity index (χ0v) is 12.7. The number of halogens is 5. The van der Waals surface area contributed by atoms with Crippen molar-refractivity contribution in [1.82, 2.24) is 0 Å². The molecule has 4 nitrogen and oxygen atoms in total. The van der Waals surface area contributed by atoms with Crippen LogP contribution in [0.3, 0.4) is 0 Å². The Kier molecular flexibility index (Phi) is 5.15. The van der Waals surface area contributed by atoms with Gasteiger partial charge in [0.1, 0.15) is 11.5 Å². The normalized spacial score (nSPS) is 11.8. The zero-order chi connectivity index (χ0) is 18.7. The fourth-order valence-corrected chi connectivity index (χ4v) is 1.81. The van der Waals surface area contributed by atoms with Crippen molar-refractivity contribution < 1.29 is 36.2 Å². The Morgan fingerprint density at radius 1 is 0.960 bits per heavy atom. The second-order valence-corrected chi connectivity index (χ2v) is 4.83. The summed E-state index contributed by atoms with van der Waals surface area (Å²) >= 11 is 0. The van der Waals surface area contributed by atoms with Gasteiger partial charge in [0.15, 0.2) is 0 Å². The van der Waals surface area contributed by atoms with Crippen LogP contribution in [-0.4, -0.2) is 19.1 Å². The highest BCUT2D eigenvalue weighted by molar-refractivity contribution is 5.95. The van der Waals surface area contributed by atoms with Gasteiger partial charge in [0.25, 0.3) is 0 Å². The fourth-order valence-electron chi connectivity index (χ4n) is 1.81. The van der Waals surface area contributed by atoms with E-state index in [0.29, 0.717) is 17.9 Å². The van der Waals surface area contributed by atoms with E-state index in [-0.39, 0.29) is 5.69 Å². The smallest absolute Gasteiger partial charge is 0.482 e. The number of benzene rings is 2. The number of carbonyl (C=O) groups excluding carboxylic acids is 1. The number of nitrogens with one attached hydrogen (secondary N) is 1. The van der Waals surface area contributed by atoms with Gasteiger partial charge in [-0.3, -0.25) is 4.79 Å². The van der Waals surface area contributed by atoms with Gasteiger partial charge in [-0.05, 0) is 42.5 Å². The molecule has 0 saturated carbocycles. The van der Waals surface area contributed by atoms with E-state index < -0.39 is 29.5 Å². The molecule has 2 aromatic rings. The predicted molar refractivity (Wildman–Crippen MR) is 78.6 cm³/mol. The summed E-state index contributed by atoms with van der Waals surface area (Å²) in [6.45, 7) is 0. The lowest BCUT2D eigenvalue weighted by atomic mass is 10.2. The minimum Gasteiger partial charge on any atom is -0.497 e. The molecule has 1 amide bonds. The molecule has 0 aliphatic heterocycles. The van der Waals surface area contributed by atoms with Gasteiger partial charge in [-0.25, -0.2) is 0 Å². The molecule has 1 N–H and O–H groups in total. The third kappa shape index (κ3) is 4.82. The van der Waals surface area contributed by atoms with Gasteiger partial charge in [-0.1, -0.05) is 6.07 Å². The van der Waals surface area contributed by atoms with E-state index in [4.69, 9.17) is 4.74 Å². The average Bonchev–Trinajstić information content (AvgIpc) is 2.54. The summed E-state index contributed by atoms with van der Waals surface area (Å²) in [4.78, 5) is 11.6. The molecule has 0 atom stereocenters. The molecule has 0 radical (unpaired) electrons. The van der Waals surface area contributed by atoms with Crippen LogP contribution in [0.1, 0.15) is 5.56 Å². The van der Waals surface area contributed by atoms with E-state index in [1.54, 1.807) is 0 Å². The molecule has 0 fully saturated rings. The summed E-state index contributed by atoms with van der Waals surface area (Å²) in [5.41, 5.74) is -1.13. The summed E-state index contributed by atoms with van der Waals surface area (Å²) in [6, 6.07) is 8.37. The Labute approximate surface area is 139 Å². The van der Waals surface area contributed by atoms with Crippen LogP contribution in [0.4, 0.5) is 27.6 Å². The van der Waals surface area contributed by atoms with Gasteiger partial charge in [0.2, 0.25) is 0 Å². The number of ether oxygens (including phenoxy) is 2. The Morgan fingerprint density at radius 2 is 1.60 bits per heavy atom. The standard InChI is InChI=1S/C16H12F5NO3/c1-24-12-7-5-11(6-8-12)22-14(23)16(20,21)25-13-4-2-3-10(9-13)15(17,18)19/h2-9H,1H3,(H,22,23). The summed E-state index contributed by atoms with van der Waals surface area (Å²) in [7, 11) is 1.41. The minimum absolute atomic E-state index is 0.0399. The number of alkyl halides is 5. The van der Waals surface area contributed by atoms with Gasteiger partial charge < -0.3 is 14.8 Å². The number of methoxy groups -OCH3 is 1. The molecule has 0 bridgehead atoms. The molecule has 0 heterocycles. The molecule has 9 heteroatoms. The quantitative estimate of drug-likeness (QED) is 0.807. The molecule has 0 aliphatic carbocycles. The van der Waals surface area contributed by atoms with Crippen molar-refractivity contribution in [2.75, 3.05) is 12.4 Å². The third-order valence-corrected chi connectivity index (χ3v) is 3.02. The fraction of sp³-hybridized carbons (Fsp3) is 0.188. The first kappa shape index (κ1) is 18.5. The molecule has 0 spiro atoms. The van der Waals surface area contributed by atoms with Crippen LogP contribution in [-0.2, 0) is 11.0 Å². The Hall–Kier alpha value is -2.84. The predicted octanol–water partition coefficient (Wildman–Crippen LogP) is 4.32. The first-order chi connectivity index (χ1) is 11.6. The van der Waals surface area contributed by atoms with Crippen molar-refractivity contribution in [2.24, 2.45) is 0 Å². The van der Waals surface area contributed by atoms with E-state index in [9.17, 15) is 26.7 Å². The maximum Gasteiger partial charge on any atom is 0.482 e. The molecule has 2 rings (SSSR count). The summed E-state index contributed by atoms with van der Waals surface area (Å²) < 4.78 is 74.4. The van der Waals surface area contributed by atoms with Gasteiger partial charge in [-0.2, -0.15) is 22.0 Å². The van der Waals surface area contributed by atoms with Crippen LogP contribution in [0.5, 0.6) is 11.5 Å². The van der Waals surface area contributed by atoms with Crippen molar-refractivity contribution >= 4 is 11.6 Å². The van der Waals surface area contributed by atoms with E-state index in [0.717, 1.165) is 12.1 Å². The Morgan fingerprint density at radius 3 is 2.16 bits per heavy atom. The molecule has 134 valence electrons. The number of hydrogen-bond donors (Lipinski definition) is 1. The summed E-state index contributed by atoms with van der Waals surface area (Å²) in [5.74, 6) is -2.16. The number of hydrogen-bond acceptors (Lipinski definition) is 3. The van der Waals surface area contributed by atoms with Crippen molar-refractivity contribution in [1.29, 1.82) is 0 Å². The first-order valence-corrected chi connectivity index (χ1v) is 6.81. The molecular formula is C16H12F5NO3. The van der Waals surface area contributed by atoms with Gasteiger partial charge in [0.05, 0.1) is 12.7 Å². The highest BCUT2D eigenvalue weighted by Crippen LogP contribution is 2.33. The summed E-state index contributed by atoms with van der Waals surface area (Å²) in [5, 5.41) is 1.91. The molecule has 0 aromatic heterocycles. The van der Waals surface area contributed by atoms with Gasteiger partial charge >= 0.3 is 18.2 Å². The molecular weight excluding hydrogens is 349 g/mol. The molecule has 25 heavy (non-hydrogen) atoms. The summed E-state index contributed by atoms with van der Waals surface area (Å²) in [6.07, 6.45) is -9.09. The van der Waals surface area contributed by atoms with E-state index in [2.05, 4.69) is 4.74 Å². The highest BCUT2D eigenvalue weighted by atomic mass is 19.4. The monoisotopic (exact) mass is 361 g/mol. The lowest BCUT2D eigenvalue weighted by Crippen LogP contribution is -2.40. The number of anilines is 1. The van der Waals surface area contributed by atoms with Crippen LogP contribution in [0.25, 0.3) is 0 Å². The number of rotatable bonds is 5. The number of amides is 1. The second kappa shape index (κ2) is 6.96. The van der Waals surface area contributed by atoms with Crippen LogP contribution in [0, 0.1) is 0 Å². The first-order valence-electron chi connectivity index (χ1n) is 6.81. The van der Waals surface area contributed by atoms with Gasteiger partial charge in [-0.15, -0.1) is 0 Å². The van der Waals surface area contributed by atoms with Crippen LogP contribution >= 0.6 is 0 Å². The van der Waals surface area contributed by atoms with Crippen LogP contribution < -0.4 is 14.8 Å². The molecule has 0 unspecified atom stereocenters. The van der Waals surface area contributed by atoms with Crippen molar-refractivity contribution in [3.63, 3.8) is 0 Å². The molecule has 0 saturated heterocycles. The molecule has 0 aliphatic rings. The number of carbonyl (C=O) groups is 1. The van der Waals surface area contributed by atoms with Crippen LogP contribution in [0.15, 0.2) is 48.5 Å². The van der Waals surface area contributed by atoms with Crippen molar-refractivity contribution in [2.45, 2.75) is 12.3 Å². The SMILES string of the molecule is COc1ccc(NC(=O)C(F)(F)Oc2cccc(C(F)(F)F)c2)cc1. The average molecular weight is 361 g/mol. The lowest BCUT2D eigenvalue weighted by molar-refractivity contribution is -0.187. The maximum absolute atomic E-state index is 13.8. The van der Waals surface area contributed by atoms with Gasteiger partial charge in [0, 0.05) is 5.69 Å². The highest BCUT2D eigenvalue weighted by Gasteiger charge is 2.43. The maximum atomic E-state index is 13.8. The lowest BCUT2D eigenvalue weighted by Gasteiger charge is -2.18. The van der Waals surface area contributed by atoms with E-state index >= 15 is 0 Å². The van der Waals surface area contributed by atoms with E-state index in [1.807, 2.05) is 5.32 Å². The second-order valence-electron chi connectivity index (χ2n) is 4.83. The Bertz CT molecular complexity index is 744. The van der Waals surface area contributed by atoms with Crippen molar-refractivity contribution in [3.8, 4) is 11.5 Å². The topological polar surface area (TPSA) is 47.6 Å². The Balaban J connectivity index is 2.10. The zero-order valence-electron chi connectivity index (χ0n) is 12.7. The van der Waals surface area contributed by atoms with Crippen LogP contribution in [0.2, 0.25) is 0 Å². The minimum atomic E-state index is -4.72. The largest absolute Gasteiger partial charge is 0.497 e. The molecule has 2 aromatic carbocycles. The third-order valence-electron chi connectivity index (χ3n) is 3.02. The van der Waals surface area contributed by atoms with Crippen molar-refractivity contribution in [3.05, 3.63) is 54.1 Å². The van der Waals surface area contributed by atoms with E-state index in [1.165, 1.54) is 31.4 Å².